The predicted molar refractivity (Wildman–Crippen MR) is 74.4 cm³/mol. The Kier molecular flexibility index (Phi) is 3.49. The Hall–Kier alpha value is -1.02. The Labute approximate surface area is 101 Å². The van der Waals surface area contributed by atoms with E-state index in [0.29, 0.717) is 6.04 Å². The van der Waals surface area contributed by atoms with Crippen LogP contribution in [-0.2, 0) is 0 Å². The van der Waals surface area contributed by atoms with Gasteiger partial charge in [0.2, 0.25) is 0 Å². The topological polar surface area (TPSA) is 12.0 Å². The molecule has 1 unspecified atom stereocenters. The minimum absolute atomic E-state index is 0.538. The quantitative estimate of drug-likeness (QED) is 0.803. The molecule has 0 saturated carbocycles. The van der Waals surface area contributed by atoms with E-state index in [1.165, 1.54) is 22.2 Å². The van der Waals surface area contributed by atoms with Gasteiger partial charge in [0.25, 0.3) is 0 Å². The summed E-state index contributed by atoms with van der Waals surface area (Å²) in [7, 11) is 0. The van der Waals surface area contributed by atoms with E-state index in [1.807, 2.05) is 0 Å². The molecule has 2 aromatic rings. The number of anilines is 1. The van der Waals surface area contributed by atoms with Gasteiger partial charge in [0.05, 0.1) is 0 Å². The molecule has 16 heavy (non-hydrogen) atoms. The van der Waals surface area contributed by atoms with Crippen LogP contribution in [0.4, 0.5) is 5.69 Å². The van der Waals surface area contributed by atoms with E-state index >= 15 is 0 Å². The van der Waals surface area contributed by atoms with Crippen molar-refractivity contribution in [1.82, 2.24) is 0 Å². The second kappa shape index (κ2) is 4.88. The van der Waals surface area contributed by atoms with Crippen LogP contribution in [0.1, 0.15) is 27.2 Å². The standard InChI is InChI=1S/C14H19NS/c1-10(2)8-11(3)15-13-4-5-14-12(9-13)6-7-16-14/h4-7,9-11,15H,8H2,1-3H3. The van der Waals surface area contributed by atoms with Crippen molar-refractivity contribution in [2.24, 2.45) is 5.92 Å². The predicted octanol–water partition coefficient (Wildman–Crippen LogP) is 4.75. The third kappa shape index (κ3) is 2.76. The van der Waals surface area contributed by atoms with E-state index in [2.05, 4.69) is 55.7 Å². The van der Waals surface area contributed by atoms with Gasteiger partial charge in [-0.25, -0.2) is 0 Å². The van der Waals surface area contributed by atoms with Crippen LogP contribution in [0.2, 0.25) is 0 Å². The Morgan fingerprint density at radius 2 is 2.00 bits per heavy atom. The number of fused-ring (bicyclic) bond motifs is 1. The maximum Gasteiger partial charge on any atom is 0.0349 e. The molecule has 1 heterocycles. The van der Waals surface area contributed by atoms with Gasteiger partial charge in [-0.1, -0.05) is 13.8 Å². The first-order valence-electron chi connectivity index (χ1n) is 5.89. The van der Waals surface area contributed by atoms with Gasteiger partial charge in [-0.2, -0.15) is 0 Å². The molecule has 0 saturated heterocycles. The highest BCUT2D eigenvalue weighted by molar-refractivity contribution is 7.17. The van der Waals surface area contributed by atoms with Crippen LogP contribution in [0.5, 0.6) is 0 Å². The molecule has 1 atom stereocenters. The third-order valence-corrected chi connectivity index (χ3v) is 3.59. The number of hydrogen-bond acceptors (Lipinski definition) is 2. The molecule has 1 N–H and O–H groups in total. The summed E-state index contributed by atoms with van der Waals surface area (Å²) in [6.45, 7) is 6.78. The number of rotatable bonds is 4. The SMILES string of the molecule is CC(C)CC(C)Nc1ccc2sccc2c1. The van der Waals surface area contributed by atoms with E-state index in [1.54, 1.807) is 11.3 Å². The molecule has 2 heteroatoms. The lowest BCUT2D eigenvalue weighted by molar-refractivity contribution is 0.540. The molecule has 0 fully saturated rings. The zero-order valence-corrected chi connectivity index (χ0v) is 11.0. The first kappa shape index (κ1) is 11.5. The molecule has 0 radical (unpaired) electrons. The number of benzene rings is 1. The molecule has 0 aliphatic carbocycles. The number of thiophene rings is 1. The second-order valence-electron chi connectivity index (χ2n) is 4.85. The van der Waals surface area contributed by atoms with Gasteiger partial charge in [0, 0.05) is 16.4 Å². The highest BCUT2D eigenvalue weighted by Crippen LogP contribution is 2.24. The molecule has 0 amide bonds. The molecule has 1 nitrogen and oxygen atoms in total. The summed E-state index contributed by atoms with van der Waals surface area (Å²) in [4.78, 5) is 0. The zero-order chi connectivity index (χ0) is 11.5. The fourth-order valence-corrected chi connectivity index (χ4v) is 2.88. The lowest BCUT2D eigenvalue weighted by Crippen LogP contribution is -2.17. The average Bonchev–Trinajstić information content (AvgIpc) is 2.63. The summed E-state index contributed by atoms with van der Waals surface area (Å²) in [5, 5.41) is 7.04. The van der Waals surface area contributed by atoms with Crippen LogP contribution >= 0.6 is 11.3 Å². The Balaban J connectivity index is 2.08. The van der Waals surface area contributed by atoms with Crippen molar-refractivity contribution >= 4 is 27.1 Å². The van der Waals surface area contributed by atoms with Crippen molar-refractivity contribution in [3.8, 4) is 0 Å². The van der Waals surface area contributed by atoms with Gasteiger partial charge in [-0.05, 0) is 54.3 Å². The fourth-order valence-electron chi connectivity index (χ4n) is 2.11. The minimum Gasteiger partial charge on any atom is -0.383 e. The summed E-state index contributed by atoms with van der Waals surface area (Å²) < 4.78 is 1.36. The maximum absolute atomic E-state index is 3.56. The normalized spacial score (nSPS) is 13.2. The smallest absolute Gasteiger partial charge is 0.0349 e. The van der Waals surface area contributed by atoms with Crippen LogP contribution in [0.3, 0.4) is 0 Å². The van der Waals surface area contributed by atoms with Crippen molar-refractivity contribution < 1.29 is 0 Å². The zero-order valence-electron chi connectivity index (χ0n) is 10.2. The van der Waals surface area contributed by atoms with Gasteiger partial charge in [-0.3, -0.25) is 0 Å². The van der Waals surface area contributed by atoms with Crippen molar-refractivity contribution in [3.05, 3.63) is 29.6 Å². The van der Waals surface area contributed by atoms with E-state index < -0.39 is 0 Å². The van der Waals surface area contributed by atoms with Crippen molar-refractivity contribution in [3.63, 3.8) is 0 Å². The molecule has 86 valence electrons. The van der Waals surface area contributed by atoms with Crippen molar-refractivity contribution in [2.45, 2.75) is 33.2 Å². The second-order valence-corrected chi connectivity index (χ2v) is 5.80. The van der Waals surface area contributed by atoms with Gasteiger partial charge in [-0.15, -0.1) is 11.3 Å². The van der Waals surface area contributed by atoms with Crippen molar-refractivity contribution in [1.29, 1.82) is 0 Å². The van der Waals surface area contributed by atoms with Gasteiger partial charge >= 0.3 is 0 Å². The number of nitrogens with one attached hydrogen (secondary N) is 1. The lowest BCUT2D eigenvalue weighted by Gasteiger charge is -2.17. The van der Waals surface area contributed by atoms with Crippen molar-refractivity contribution in [2.75, 3.05) is 5.32 Å². The van der Waals surface area contributed by atoms with E-state index in [9.17, 15) is 0 Å². The van der Waals surface area contributed by atoms with Crippen LogP contribution in [0, 0.1) is 5.92 Å². The summed E-state index contributed by atoms with van der Waals surface area (Å²) in [5.74, 6) is 0.743. The average molecular weight is 233 g/mol. The van der Waals surface area contributed by atoms with Crippen LogP contribution in [-0.4, -0.2) is 6.04 Å². The highest BCUT2D eigenvalue weighted by Gasteiger charge is 2.05. The molecule has 2 rings (SSSR count). The molecule has 0 spiro atoms. The van der Waals surface area contributed by atoms with E-state index in [-0.39, 0.29) is 0 Å². The Morgan fingerprint density at radius 1 is 1.19 bits per heavy atom. The van der Waals surface area contributed by atoms with Crippen LogP contribution < -0.4 is 5.32 Å². The first-order chi connectivity index (χ1) is 7.65. The minimum atomic E-state index is 0.538. The van der Waals surface area contributed by atoms with Crippen LogP contribution in [0.25, 0.3) is 10.1 Å². The largest absolute Gasteiger partial charge is 0.383 e. The summed E-state index contributed by atoms with van der Waals surface area (Å²) in [6.07, 6.45) is 1.21. The molecular formula is C14H19NS. The van der Waals surface area contributed by atoms with E-state index in [4.69, 9.17) is 0 Å². The highest BCUT2D eigenvalue weighted by atomic mass is 32.1. The van der Waals surface area contributed by atoms with Gasteiger partial charge in [0.15, 0.2) is 0 Å². The summed E-state index contributed by atoms with van der Waals surface area (Å²) in [6, 6.07) is 9.33. The van der Waals surface area contributed by atoms with E-state index in [0.717, 1.165) is 5.92 Å². The number of hydrogen-bond donors (Lipinski definition) is 1. The lowest BCUT2D eigenvalue weighted by atomic mass is 10.0. The van der Waals surface area contributed by atoms with Crippen LogP contribution in [0.15, 0.2) is 29.6 Å². The molecule has 1 aromatic carbocycles. The Morgan fingerprint density at radius 3 is 2.75 bits per heavy atom. The Bertz CT molecular complexity index is 458. The van der Waals surface area contributed by atoms with Gasteiger partial charge < -0.3 is 5.32 Å². The molecule has 0 aliphatic heterocycles. The molecule has 0 bridgehead atoms. The molecule has 0 aliphatic rings. The fraction of sp³-hybridized carbons (Fsp3) is 0.429. The molecular weight excluding hydrogens is 214 g/mol. The summed E-state index contributed by atoms with van der Waals surface area (Å²) in [5.41, 5.74) is 1.24. The monoisotopic (exact) mass is 233 g/mol. The summed E-state index contributed by atoms with van der Waals surface area (Å²) >= 11 is 1.80. The maximum atomic E-state index is 3.56. The first-order valence-corrected chi connectivity index (χ1v) is 6.77. The van der Waals surface area contributed by atoms with Gasteiger partial charge in [0.1, 0.15) is 0 Å². The molecule has 1 aromatic heterocycles. The third-order valence-electron chi connectivity index (χ3n) is 2.69.